The van der Waals surface area contributed by atoms with Gasteiger partial charge < -0.3 is 5.32 Å². The van der Waals surface area contributed by atoms with Crippen molar-refractivity contribution in [3.8, 4) is 0 Å². The van der Waals surface area contributed by atoms with Crippen LogP contribution < -0.4 is 10.6 Å². The minimum absolute atomic E-state index is 0.109. The molecule has 3 rings (SSSR count). The summed E-state index contributed by atoms with van der Waals surface area (Å²) < 4.78 is 40.2. The van der Waals surface area contributed by atoms with Crippen LogP contribution >= 0.6 is 0 Å². The van der Waals surface area contributed by atoms with Gasteiger partial charge in [-0.3, -0.25) is 5.32 Å². The molecule has 0 saturated carbocycles. The third-order valence-electron chi connectivity index (χ3n) is 4.82. The lowest BCUT2D eigenvalue weighted by molar-refractivity contribution is 0.314. The molecule has 2 heterocycles. The van der Waals surface area contributed by atoms with Crippen molar-refractivity contribution >= 4 is 10.0 Å². The molecule has 1 atom stereocenters. The van der Waals surface area contributed by atoms with E-state index in [9.17, 15) is 12.8 Å². The van der Waals surface area contributed by atoms with Crippen LogP contribution in [0.15, 0.2) is 24.3 Å². The number of rotatable bonds is 4. The highest BCUT2D eigenvalue weighted by Crippen LogP contribution is 2.30. The SMILES string of the molecule is C[C@@]1(CS(=O)(=O)N2CCC(c3cccc(F)c3)CC2)CNCN1. The highest BCUT2D eigenvalue weighted by Gasteiger charge is 2.37. The standard InChI is InChI=1S/C16H24FN3O2S/c1-16(10-18-12-19-16)11-23(21,22)20-7-5-13(6-8-20)14-3-2-4-15(17)9-14/h2-4,9,13,18-19H,5-8,10-12H2,1H3/t16-/m0/s1. The van der Waals surface area contributed by atoms with E-state index in [1.165, 1.54) is 6.07 Å². The summed E-state index contributed by atoms with van der Waals surface area (Å²) in [4.78, 5) is 0. The fourth-order valence-corrected chi connectivity index (χ4v) is 5.46. The number of nitrogens with one attached hydrogen (secondary N) is 2. The molecule has 2 saturated heterocycles. The summed E-state index contributed by atoms with van der Waals surface area (Å²) in [6.07, 6.45) is 1.48. The second-order valence-corrected chi connectivity index (χ2v) is 8.79. The van der Waals surface area contributed by atoms with Crippen molar-refractivity contribution in [2.45, 2.75) is 31.2 Å². The van der Waals surface area contributed by atoms with Gasteiger partial charge in [0.2, 0.25) is 10.0 Å². The predicted octanol–water partition coefficient (Wildman–Crippen LogP) is 1.24. The Bertz CT molecular complexity index is 651. The van der Waals surface area contributed by atoms with Crippen LogP contribution in [0, 0.1) is 5.82 Å². The van der Waals surface area contributed by atoms with Crippen LogP contribution in [0.2, 0.25) is 0 Å². The highest BCUT2D eigenvalue weighted by atomic mass is 32.2. The molecule has 0 aliphatic carbocycles. The van der Waals surface area contributed by atoms with Crippen LogP contribution in [0.3, 0.4) is 0 Å². The smallest absolute Gasteiger partial charge is 0.215 e. The Morgan fingerprint density at radius 3 is 2.70 bits per heavy atom. The van der Waals surface area contributed by atoms with Crippen LogP contribution in [-0.2, 0) is 10.0 Å². The fourth-order valence-electron chi connectivity index (χ4n) is 3.50. The molecule has 1 aromatic rings. The molecule has 1 aromatic carbocycles. The van der Waals surface area contributed by atoms with E-state index >= 15 is 0 Å². The Hall–Kier alpha value is -1.02. The van der Waals surface area contributed by atoms with Crippen LogP contribution in [0.1, 0.15) is 31.2 Å². The quantitative estimate of drug-likeness (QED) is 0.865. The number of benzene rings is 1. The van der Waals surface area contributed by atoms with Crippen molar-refractivity contribution in [2.75, 3.05) is 32.1 Å². The number of piperidine rings is 1. The number of hydrogen-bond acceptors (Lipinski definition) is 4. The maximum atomic E-state index is 13.3. The molecule has 2 aliphatic heterocycles. The Labute approximate surface area is 137 Å². The molecule has 2 fully saturated rings. The van der Waals surface area contributed by atoms with Crippen LogP contribution in [0.25, 0.3) is 0 Å². The minimum atomic E-state index is -3.28. The van der Waals surface area contributed by atoms with Gasteiger partial charge in [-0.2, -0.15) is 0 Å². The van der Waals surface area contributed by atoms with Crippen molar-refractivity contribution in [2.24, 2.45) is 0 Å². The molecule has 128 valence electrons. The second-order valence-electron chi connectivity index (χ2n) is 6.83. The van der Waals surface area contributed by atoms with Crippen molar-refractivity contribution in [1.29, 1.82) is 0 Å². The molecule has 5 nitrogen and oxygen atoms in total. The lowest BCUT2D eigenvalue weighted by Crippen LogP contribution is -2.50. The van der Waals surface area contributed by atoms with Crippen molar-refractivity contribution in [3.63, 3.8) is 0 Å². The van der Waals surface area contributed by atoms with Gasteiger partial charge in [-0.15, -0.1) is 0 Å². The maximum Gasteiger partial charge on any atom is 0.215 e. The number of nitrogens with zero attached hydrogens (tertiary/aromatic N) is 1. The summed E-state index contributed by atoms with van der Waals surface area (Å²) in [6, 6.07) is 6.64. The first-order valence-electron chi connectivity index (χ1n) is 8.07. The molecule has 0 radical (unpaired) electrons. The van der Waals surface area contributed by atoms with E-state index in [0.29, 0.717) is 26.3 Å². The van der Waals surface area contributed by atoms with Gasteiger partial charge in [0.15, 0.2) is 0 Å². The first-order chi connectivity index (χ1) is 10.9. The summed E-state index contributed by atoms with van der Waals surface area (Å²) >= 11 is 0. The van der Waals surface area contributed by atoms with Gasteiger partial charge in [0.25, 0.3) is 0 Å². The summed E-state index contributed by atoms with van der Waals surface area (Å²) in [5.74, 6) is 0.113. The van der Waals surface area contributed by atoms with Crippen molar-refractivity contribution in [1.82, 2.24) is 14.9 Å². The van der Waals surface area contributed by atoms with Gasteiger partial charge in [0, 0.05) is 31.8 Å². The monoisotopic (exact) mass is 341 g/mol. The molecule has 0 amide bonds. The van der Waals surface area contributed by atoms with Crippen LogP contribution in [-0.4, -0.2) is 50.3 Å². The summed E-state index contributed by atoms with van der Waals surface area (Å²) in [6.45, 7) is 4.25. The second kappa shape index (κ2) is 6.47. The zero-order valence-electron chi connectivity index (χ0n) is 13.4. The highest BCUT2D eigenvalue weighted by molar-refractivity contribution is 7.89. The van der Waals surface area contributed by atoms with E-state index in [4.69, 9.17) is 0 Å². The van der Waals surface area contributed by atoms with Gasteiger partial charge in [0.05, 0.1) is 5.75 Å². The molecule has 0 bridgehead atoms. The average Bonchev–Trinajstić information content (AvgIpc) is 2.93. The van der Waals surface area contributed by atoms with Gasteiger partial charge in [-0.05, 0) is 43.4 Å². The zero-order valence-corrected chi connectivity index (χ0v) is 14.2. The Morgan fingerprint density at radius 2 is 2.09 bits per heavy atom. The number of hydrogen-bond donors (Lipinski definition) is 2. The summed E-state index contributed by atoms with van der Waals surface area (Å²) in [5.41, 5.74) is 0.564. The zero-order chi connectivity index (χ0) is 16.5. The van der Waals surface area contributed by atoms with E-state index in [-0.39, 0.29) is 17.5 Å². The molecule has 0 spiro atoms. The van der Waals surface area contributed by atoms with E-state index < -0.39 is 15.6 Å². The summed E-state index contributed by atoms with van der Waals surface area (Å²) in [5, 5.41) is 6.35. The first-order valence-corrected chi connectivity index (χ1v) is 9.68. The third-order valence-corrected chi connectivity index (χ3v) is 6.98. The number of sulfonamides is 1. The average molecular weight is 341 g/mol. The molecule has 2 N–H and O–H groups in total. The Balaban J connectivity index is 1.62. The van der Waals surface area contributed by atoms with Gasteiger partial charge in [-0.25, -0.2) is 17.1 Å². The van der Waals surface area contributed by atoms with E-state index in [1.807, 2.05) is 13.0 Å². The van der Waals surface area contributed by atoms with Crippen LogP contribution in [0.4, 0.5) is 4.39 Å². The number of halogens is 1. The fraction of sp³-hybridized carbons (Fsp3) is 0.625. The Kier molecular flexibility index (Phi) is 4.73. The largest absolute Gasteiger partial charge is 0.303 e. The van der Waals surface area contributed by atoms with E-state index in [1.54, 1.807) is 16.4 Å². The molecule has 2 aliphatic rings. The molecule has 23 heavy (non-hydrogen) atoms. The summed E-state index contributed by atoms with van der Waals surface area (Å²) in [7, 11) is -3.28. The molecule has 0 aromatic heterocycles. The topological polar surface area (TPSA) is 61.4 Å². The van der Waals surface area contributed by atoms with E-state index in [0.717, 1.165) is 18.4 Å². The Morgan fingerprint density at radius 1 is 1.35 bits per heavy atom. The van der Waals surface area contributed by atoms with Gasteiger partial charge in [0.1, 0.15) is 5.82 Å². The van der Waals surface area contributed by atoms with Gasteiger partial charge >= 0.3 is 0 Å². The predicted molar refractivity (Wildman–Crippen MR) is 88.1 cm³/mol. The molecular weight excluding hydrogens is 317 g/mol. The van der Waals surface area contributed by atoms with Crippen molar-refractivity contribution < 1.29 is 12.8 Å². The van der Waals surface area contributed by atoms with Crippen LogP contribution in [0.5, 0.6) is 0 Å². The lowest BCUT2D eigenvalue weighted by Gasteiger charge is -2.34. The normalized spacial score (nSPS) is 27.4. The molecular formula is C16H24FN3O2S. The third kappa shape index (κ3) is 3.91. The first kappa shape index (κ1) is 16.8. The van der Waals surface area contributed by atoms with Crippen molar-refractivity contribution in [3.05, 3.63) is 35.6 Å². The maximum absolute atomic E-state index is 13.3. The minimum Gasteiger partial charge on any atom is -0.303 e. The van der Waals surface area contributed by atoms with E-state index in [2.05, 4.69) is 10.6 Å². The lowest BCUT2D eigenvalue weighted by atomic mass is 9.90. The van der Waals surface area contributed by atoms with Gasteiger partial charge in [-0.1, -0.05) is 12.1 Å². The molecule has 7 heteroatoms. The molecule has 0 unspecified atom stereocenters.